The number of hydrogen-bond donors (Lipinski definition) is 2. The van der Waals surface area contributed by atoms with Crippen molar-refractivity contribution in [1.82, 2.24) is 4.90 Å². The molecule has 2 N–H and O–H groups in total. The second-order valence-electron chi connectivity index (χ2n) is 9.13. The molecule has 4 rings (SSSR count). The van der Waals surface area contributed by atoms with Crippen LogP contribution in [0.2, 0.25) is 0 Å². The van der Waals surface area contributed by atoms with Crippen LogP contribution in [0.15, 0.2) is 24.3 Å². The average Bonchev–Trinajstić information content (AvgIpc) is 3.47. The minimum Gasteiger partial charge on any atom is -0.466 e. The lowest BCUT2D eigenvalue weighted by Gasteiger charge is -2.33. The number of ether oxygens (including phenoxy) is 2. The van der Waals surface area contributed by atoms with Gasteiger partial charge in [-0.25, -0.2) is 0 Å². The summed E-state index contributed by atoms with van der Waals surface area (Å²) in [6, 6.07) is 6.75. The van der Waals surface area contributed by atoms with Crippen LogP contribution in [0.4, 0.5) is 11.4 Å². The van der Waals surface area contributed by atoms with E-state index in [1.54, 1.807) is 6.92 Å². The minimum absolute atomic E-state index is 0.104. The van der Waals surface area contributed by atoms with E-state index in [1.807, 2.05) is 24.3 Å². The molecule has 2 amide bonds. The molecule has 1 spiro atoms. The Labute approximate surface area is 200 Å². The van der Waals surface area contributed by atoms with Gasteiger partial charge in [0.05, 0.1) is 24.5 Å². The molecule has 0 aliphatic carbocycles. The molecule has 0 aromatic heterocycles. The third-order valence-corrected chi connectivity index (χ3v) is 7.43. The van der Waals surface area contributed by atoms with Crippen LogP contribution in [0.1, 0.15) is 40.0 Å². The van der Waals surface area contributed by atoms with Gasteiger partial charge in [0.1, 0.15) is 11.6 Å². The number of benzene rings is 1. The smallest absolute Gasteiger partial charge is 0.312 e. The van der Waals surface area contributed by atoms with Crippen molar-refractivity contribution in [3.63, 3.8) is 0 Å². The Bertz CT molecular complexity index is 918. The molecular formula is C25H35N3O6. The molecule has 2 bridgehead atoms. The van der Waals surface area contributed by atoms with E-state index in [4.69, 9.17) is 9.47 Å². The van der Waals surface area contributed by atoms with Crippen LogP contribution in [0.3, 0.4) is 0 Å². The standard InChI is InChI=1S/C25H35N3O6/c1-4-27(5-2)17-10-8-16(9-11-17)26-22(30)21-25-13-12-18(34-25)19(24(32)33-6-3)20(25)23(31)28(21)14-7-15-29/h8-11,18-21,29H,4-7,12-15H2,1-3H3,(H,26,30)/t18-,19+,20-,21?,25?/m0/s1. The summed E-state index contributed by atoms with van der Waals surface area (Å²) in [6.07, 6.45) is 1.04. The van der Waals surface area contributed by atoms with Crippen LogP contribution in [-0.2, 0) is 23.9 Å². The van der Waals surface area contributed by atoms with Gasteiger partial charge in [-0.05, 0) is 64.3 Å². The molecular weight excluding hydrogens is 438 g/mol. The first kappa shape index (κ1) is 24.5. The van der Waals surface area contributed by atoms with Crippen molar-refractivity contribution in [2.24, 2.45) is 11.8 Å². The number of nitrogens with zero attached hydrogens (tertiary/aromatic N) is 2. The largest absolute Gasteiger partial charge is 0.466 e. The van der Waals surface area contributed by atoms with E-state index < -0.39 is 35.6 Å². The van der Waals surface area contributed by atoms with Crippen molar-refractivity contribution in [3.8, 4) is 0 Å². The summed E-state index contributed by atoms with van der Waals surface area (Å²) < 4.78 is 11.6. The highest BCUT2D eigenvalue weighted by atomic mass is 16.6. The number of hydrogen-bond acceptors (Lipinski definition) is 7. The Kier molecular flexibility index (Phi) is 7.14. The highest BCUT2D eigenvalue weighted by Crippen LogP contribution is 2.58. The summed E-state index contributed by atoms with van der Waals surface area (Å²) in [7, 11) is 0. The van der Waals surface area contributed by atoms with Crippen molar-refractivity contribution in [3.05, 3.63) is 24.3 Å². The number of anilines is 2. The van der Waals surface area contributed by atoms with E-state index in [0.717, 1.165) is 18.8 Å². The molecule has 0 saturated carbocycles. The molecule has 186 valence electrons. The monoisotopic (exact) mass is 473 g/mol. The van der Waals surface area contributed by atoms with E-state index >= 15 is 0 Å². The predicted octanol–water partition coefficient (Wildman–Crippen LogP) is 1.79. The maximum atomic E-state index is 13.6. The van der Waals surface area contributed by atoms with Crippen LogP contribution < -0.4 is 10.2 Å². The summed E-state index contributed by atoms with van der Waals surface area (Å²) in [6.45, 7) is 8.02. The van der Waals surface area contributed by atoms with E-state index in [0.29, 0.717) is 24.9 Å². The summed E-state index contributed by atoms with van der Waals surface area (Å²) in [5.74, 6) is -2.50. The topological polar surface area (TPSA) is 108 Å². The molecule has 9 heteroatoms. The highest BCUT2D eigenvalue weighted by molar-refractivity contribution is 6.03. The van der Waals surface area contributed by atoms with E-state index in [2.05, 4.69) is 24.1 Å². The number of aliphatic hydroxyl groups excluding tert-OH is 1. The van der Waals surface area contributed by atoms with Gasteiger partial charge in [-0.3, -0.25) is 14.4 Å². The third-order valence-electron chi connectivity index (χ3n) is 7.43. The lowest BCUT2D eigenvalue weighted by atomic mass is 9.71. The van der Waals surface area contributed by atoms with Crippen molar-refractivity contribution >= 4 is 29.2 Å². The van der Waals surface area contributed by atoms with Gasteiger partial charge in [0.2, 0.25) is 11.8 Å². The minimum atomic E-state index is -1.06. The summed E-state index contributed by atoms with van der Waals surface area (Å²) in [4.78, 5) is 43.6. The Hall–Kier alpha value is -2.65. The number of carbonyl (C=O) groups excluding carboxylic acids is 3. The van der Waals surface area contributed by atoms with Gasteiger partial charge in [-0.15, -0.1) is 0 Å². The summed E-state index contributed by atoms with van der Waals surface area (Å²) in [5, 5.41) is 12.3. The lowest BCUT2D eigenvalue weighted by molar-refractivity contribution is -0.154. The molecule has 3 saturated heterocycles. The molecule has 3 heterocycles. The van der Waals surface area contributed by atoms with E-state index in [9.17, 15) is 19.5 Å². The van der Waals surface area contributed by atoms with Crippen LogP contribution in [0.5, 0.6) is 0 Å². The van der Waals surface area contributed by atoms with Gasteiger partial charge in [0.15, 0.2) is 0 Å². The number of carbonyl (C=O) groups is 3. The number of aliphatic hydroxyl groups is 1. The molecule has 3 aliphatic rings. The molecule has 1 aromatic carbocycles. The molecule has 5 atom stereocenters. The predicted molar refractivity (Wildman–Crippen MR) is 126 cm³/mol. The van der Waals surface area contributed by atoms with Crippen LogP contribution >= 0.6 is 0 Å². The first-order chi connectivity index (χ1) is 16.4. The zero-order chi connectivity index (χ0) is 24.5. The Morgan fingerprint density at radius 1 is 1.24 bits per heavy atom. The van der Waals surface area contributed by atoms with Gasteiger partial charge in [0, 0.05) is 37.6 Å². The normalized spacial score (nSPS) is 29.3. The number of nitrogens with one attached hydrogen (secondary N) is 1. The van der Waals surface area contributed by atoms with Crippen LogP contribution in [0, 0.1) is 11.8 Å². The number of esters is 1. The van der Waals surface area contributed by atoms with Gasteiger partial charge < -0.3 is 29.7 Å². The number of rotatable bonds is 10. The number of fused-ring (bicyclic) bond motifs is 1. The summed E-state index contributed by atoms with van der Waals surface area (Å²) in [5.41, 5.74) is 0.641. The van der Waals surface area contributed by atoms with Crippen LogP contribution in [-0.4, -0.2) is 78.4 Å². The average molecular weight is 474 g/mol. The fraction of sp³-hybridized carbons (Fsp3) is 0.640. The van der Waals surface area contributed by atoms with Crippen molar-refractivity contribution in [2.75, 3.05) is 43.1 Å². The quantitative estimate of drug-likeness (QED) is 0.499. The van der Waals surface area contributed by atoms with Gasteiger partial charge in [0.25, 0.3) is 0 Å². The first-order valence-electron chi connectivity index (χ1n) is 12.3. The molecule has 3 fully saturated rings. The molecule has 34 heavy (non-hydrogen) atoms. The van der Waals surface area contributed by atoms with Crippen LogP contribution in [0.25, 0.3) is 0 Å². The lowest BCUT2D eigenvalue weighted by Crippen LogP contribution is -2.53. The number of amides is 2. The summed E-state index contributed by atoms with van der Waals surface area (Å²) >= 11 is 0. The molecule has 1 aromatic rings. The maximum Gasteiger partial charge on any atom is 0.312 e. The van der Waals surface area contributed by atoms with E-state index in [1.165, 1.54) is 4.90 Å². The molecule has 3 aliphatic heterocycles. The van der Waals surface area contributed by atoms with E-state index in [-0.39, 0.29) is 31.6 Å². The zero-order valence-electron chi connectivity index (χ0n) is 20.2. The van der Waals surface area contributed by atoms with Crippen molar-refractivity contribution < 1.29 is 29.0 Å². The fourth-order valence-corrected chi connectivity index (χ4v) is 6.00. The van der Waals surface area contributed by atoms with Gasteiger partial charge >= 0.3 is 5.97 Å². The Morgan fingerprint density at radius 3 is 2.56 bits per heavy atom. The molecule has 9 nitrogen and oxygen atoms in total. The van der Waals surface area contributed by atoms with Gasteiger partial charge in [-0.1, -0.05) is 0 Å². The second kappa shape index (κ2) is 9.92. The molecule has 2 unspecified atom stereocenters. The van der Waals surface area contributed by atoms with Gasteiger partial charge in [-0.2, -0.15) is 0 Å². The third kappa shape index (κ3) is 3.94. The maximum absolute atomic E-state index is 13.6. The Balaban J connectivity index is 1.60. The zero-order valence-corrected chi connectivity index (χ0v) is 20.2. The fourth-order valence-electron chi connectivity index (χ4n) is 6.00. The van der Waals surface area contributed by atoms with Crippen molar-refractivity contribution in [2.45, 2.75) is 57.8 Å². The molecule has 0 radical (unpaired) electrons. The first-order valence-corrected chi connectivity index (χ1v) is 12.3. The number of likely N-dealkylation sites (tertiary alicyclic amines) is 1. The second-order valence-corrected chi connectivity index (χ2v) is 9.13. The van der Waals surface area contributed by atoms with Crippen molar-refractivity contribution in [1.29, 1.82) is 0 Å². The highest BCUT2D eigenvalue weighted by Gasteiger charge is 2.74. The Morgan fingerprint density at radius 2 is 1.94 bits per heavy atom. The SMILES string of the molecule is CCOC(=O)[C@@H]1[C@@H]2CCC3(O2)C(C(=O)Nc2ccc(N(CC)CC)cc2)N(CCCO)C(=O)[C@H]13.